The number of piperidine rings is 1. The van der Waals surface area contributed by atoms with Gasteiger partial charge in [0.15, 0.2) is 0 Å². The second-order valence-electron chi connectivity index (χ2n) is 5.01. The third kappa shape index (κ3) is 4.96. The Kier molecular flexibility index (Phi) is 5.58. The highest BCUT2D eigenvalue weighted by Crippen LogP contribution is 2.32. The van der Waals surface area contributed by atoms with Gasteiger partial charge in [0.2, 0.25) is 5.91 Å². The lowest BCUT2D eigenvalue weighted by molar-refractivity contribution is -0.136. The summed E-state index contributed by atoms with van der Waals surface area (Å²) in [4.78, 5) is 18.2. The lowest BCUT2D eigenvalue weighted by atomic mass is 10.0. The van der Waals surface area contributed by atoms with Crippen LogP contribution in [-0.4, -0.2) is 41.6 Å². The van der Waals surface area contributed by atoms with E-state index in [0.717, 1.165) is 24.3 Å². The summed E-state index contributed by atoms with van der Waals surface area (Å²) in [5.41, 5.74) is 0. The second-order valence-corrected chi connectivity index (χ2v) is 5.94. The third-order valence-electron chi connectivity index (χ3n) is 3.40. The van der Waals surface area contributed by atoms with Crippen molar-refractivity contribution in [3.05, 3.63) is 16.6 Å². The number of alkyl halides is 3. The molecule has 1 aromatic heterocycles. The maximum absolute atomic E-state index is 12.2. The van der Waals surface area contributed by atoms with Crippen molar-refractivity contribution in [3.63, 3.8) is 0 Å². The summed E-state index contributed by atoms with van der Waals surface area (Å²) in [6.07, 6.45) is 0.400. The number of aromatic nitrogens is 1. The Balaban J connectivity index is 1.85. The minimum absolute atomic E-state index is 0.0196. The van der Waals surface area contributed by atoms with Crippen LogP contribution < -0.4 is 5.32 Å². The summed E-state index contributed by atoms with van der Waals surface area (Å²) in [6, 6.07) is -0.0196. The van der Waals surface area contributed by atoms with Crippen molar-refractivity contribution in [2.24, 2.45) is 0 Å². The highest BCUT2D eigenvalue weighted by atomic mass is 32.1. The maximum atomic E-state index is 12.2. The van der Waals surface area contributed by atoms with Gasteiger partial charge in [-0.05, 0) is 19.3 Å². The first-order valence-electron chi connectivity index (χ1n) is 6.94. The van der Waals surface area contributed by atoms with E-state index in [1.54, 1.807) is 11.1 Å². The topological polar surface area (TPSA) is 45.2 Å². The van der Waals surface area contributed by atoms with Crippen LogP contribution in [0.25, 0.3) is 0 Å². The normalized spacial score (nSPS) is 19.8. The minimum Gasteiger partial charge on any atom is -0.333 e. The zero-order valence-electron chi connectivity index (χ0n) is 11.5. The summed E-state index contributed by atoms with van der Waals surface area (Å²) in [5.74, 6) is -0.107. The van der Waals surface area contributed by atoms with Crippen LogP contribution in [0.2, 0.25) is 0 Å². The number of rotatable bonds is 5. The molecule has 1 N–H and O–H groups in total. The third-order valence-corrected chi connectivity index (χ3v) is 4.28. The molecule has 21 heavy (non-hydrogen) atoms. The van der Waals surface area contributed by atoms with Crippen LogP contribution in [-0.2, 0) is 4.79 Å². The number of carbonyl (C=O) groups is 1. The monoisotopic (exact) mass is 321 g/mol. The molecule has 0 bridgehead atoms. The SMILES string of the molecule is O=C(CCNCC(F)(F)F)N1CCCCC1c1nccs1. The van der Waals surface area contributed by atoms with Gasteiger partial charge >= 0.3 is 6.18 Å². The molecule has 2 rings (SSSR count). The average molecular weight is 321 g/mol. The molecule has 1 unspecified atom stereocenters. The smallest absolute Gasteiger partial charge is 0.333 e. The average Bonchev–Trinajstić information content (AvgIpc) is 2.96. The molecule has 1 aliphatic rings. The Morgan fingerprint density at radius 1 is 1.48 bits per heavy atom. The van der Waals surface area contributed by atoms with Gasteiger partial charge < -0.3 is 10.2 Å². The largest absolute Gasteiger partial charge is 0.401 e. The Morgan fingerprint density at radius 2 is 2.29 bits per heavy atom. The summed E-state index contributed by atoms with van der Waals surface area (Å²) in [5, 5.41) is 5.04. The molecule has 0 radical (unpaired) electrons. The molecule has 1 fully saturated rings. The van der Waals surface area contributed by atoms with Gasteiger partial charge in [-0.2, -0.15) is 13.2 Å². The lowest BCUT2D eigenvalue weighted by Gasteiger charge is -2.34. The summed E-state index contributed by atoms with van der Waals surface area (Å²) in [7, 11) is 0. The molecule has 1 aliphatic heterocycles. The lowest BCUT2D eigenvalue weighted by Crippen LogP contribution is -2.40. The first kappa shape index (κ1) is 16.2. The number of thiazole rings is 1. The van der Waals surface area contributed by atoms with Gasteiger partial charge in [-0.3, -0.25) is 4.79 Å². The first-order chi connectivity index (χ1) is 9.97. The number of likely N-dealkylation sites (tertiary alicyclic amines) is 1. The van der Waals surface area contributed by atoms with Crippen LogP contribution in [0, 0.1) is 0 Å². The molecule has 8 heteroatoms. The number of hydrogen-bond acceptors (Lipinski definition) is 4. The van der Waals surface area contributed by atoms with E-state index < -0.39 is 12.7 Å². The second kappa shape index (κ2) is 7.22. The number of nitrogens with one attached hydrogen (secondary N) is 1. The minimum atomic E-state index is -4.24. The van der Waals surface area contributed by atoms with E-state index in [2.05, 4.69) is 10.3 Å². The van der Waals surface area contributed by atoms with Gasteiger partial charge in [-0.15, -0.1) is 11.3 Å². The quantitative estimate of drug-likeness (QED) is 0.848. The van der Waals surface area contributed by atoms with E-state index in [1.165, 1.54) is 11.3 Å². The number of carbonyl (C=O) groups excluding carboxylic acids is 1. The van der Waals surface area contributed by atoms with Crippen LogP contribution in [0.4, 0.5) is 13.2 Å². The number of amides is 1. The van der Waals surface area contributed by atoms with Gasteiger partial charge in [-0.25, -0.2) is 4.98 Å². The van der Waals surface area contributed by atoms with Crippen LogP contribution in [0.15, 0.2) is 11.6 Å². The van der Waals surface area contributed by atoms with Crippen LogP contribution in [0.1, 0.15) is 36.7 Å². The number of halogens is 3. The van der Waals surface area contributed by atoms with Gasteiger partial charge in [0, 0.05) is 31.1 Å². The van der Waals surface area contributed by atoms with Gasteiger partial charge in [-0.1, -0.05) is 0 Å². The maximum Gasteiger partial charge on any atom is 0.401 e. The van der Waals surface area contributed by atoms with Gasteiger partial charge in [0.1, 0.15) is 5.01 Å². The fourth-order valence-corrected chi connectivity index (χ4v) is 3.24. The van der Waals surface area contributed by atoms with E-state index in [0.29, 0.717) is 6.54 Å². The Morgan fingerprint density at radius 3 is 2.95 bits per heavy atom. The van der Waals surface area contributed by atoms with Gasteiger partial charge in [0.05, 0.1) is 12.6 Å². The molecule has 0 spiro atoms. The number of hydrogen-bond donors (Lipinski definition) is 1. The van der Waals surface area contributed by atoms with Crippen LogP contribution >= 0.6 is 11.3 Å². The van der Waals surface area contributed by atoms with E-state index >= 15 is 0 Å². The molecule has 118 valence electrons. The van der Waals surface area contributed by atoms with Gasteiger partial charge in [0.25, 0.3) is 0 Å². The predicted octanol–water partition coefficient (Wildman–Crippen LogP) is 2.74. The molecule has 1 aromatic rings. The summed E-state index contributed by atoms with van der Waals surface area (Å²) < 4.78 is 36.1. The van der Waals surface area contributed by atoms with Crippen LogP contribution in [0.5, 0.6) is 0 Å². The molecule has 0 aliphatic carbocycles. The first-order valence-corrected chi connectivity index (χ1v) is 7.81. The molecule has 1 saturated heterocycles. The highest BCUT2D eigenvalue weighted by molar-refractivity contribution is 7.09. The Hall–Kier alpha value is -1.15. The molecule has 1 atom stereocenters. The van der Waals surface area contributed by atoms with Crippen molar-refractivity contribution >= 4 is 17.2 Å². The van der Waals surface area contributed by atoms with Crippen molar-refractivity contribution in [2.75, 3.05) is 19.6 Å². The molecule has 0 aromatic carbocycles. The van der Waals surface area contributed by atoms with Crippen molar-refractivity contribution in [3.8, 4) is 0 Å². The fraction of sp³-hybridized carbons (Fsp3) is 0.692. The molecule has 1 amide bonds. The molecular weight excluding hydrogens is 303 g/mol. The predicted molar refractivity (Wildman–Crippen MR) is 74.0 cm³/mol. The molecule has 0 saturated carbocycles. The van der Waals surface area contributed by atoms with E-state index in [-0.39, 0.29) is 24.9 Å². The van der Waals surface area contributed by atoms with E-state index in [4.69, 9.17) is 0 Å². The fourth-order valence-electron chi connectivity index (χ4n) is 2.45. The number of nitrogens with zero attached hydrogens (tertiary/aromatic N) is 2. The summed E-state index contributed by atoms with van der Waals surface area (Å²) >= 11 is 1.51. The van der Waals surface area contributed by atoms with Crippen molar-refractivity contribution < 1.29 is 18.0 Å². The zero-order chi connectivity index (χ0) is 15.3. The Labute approximate surface area is 125 Å². The highest BCUT2D eigenvalue weighted by Gasteiger charge is 2.30. The van der Waals surface area contributed by atoms with E-state index in [1.807, 2.05) is 5.38 Å². The molecule has 2 heterocycles. The zero-order valence-corrected chi connectivity index (χ0v) is 12.3. The van der Waals surface area contributed by atoms with Crippen molar-refractivity contribution in [1.82, 2.24) is 15.2 Å². The van der Waals surface area contributed by atoms with Crippen LogP contribution in [0.3, 0.4) is 0 Å². The standard InChI is InChI=1S/C13H18F3N3OS/c14-13(15,16)9-17-5-4-11(20)19-7-2-1-3-10(19)12-18-6-8-21-12/h6,8,10,17H,1-5,7,9H2. The molecule has 4 nitrogen and oxygen atoms in total. The Bertz CT molecular complexity index is 450. The van der Waals surface area contributed by atoms with Crippen molar-refractivity contribution in [2.45, 2.75) is 37.9 Å². The van der Waals surface area contributed by atoms with Crippen molar-refractivity contribution in [1.29, 1.82) is 0 Å². The molecular formula is C13H18F3N3OS. The van der Waals surface area contributed by atoms with E-state index in [9.17, 15) is 18.0 Å². The summed E-state index contributed by atoms with van der Waals surface area (Å²) in [6.45, 7) is -0.363.